The number of nitrogens with one attached hydrogen (secondary N) is 1. The fourth-order valence-electron chi connectivity index (χ4n) is 1.10. The van der Waals surface area contributed by atoms with Crippen LogP contribution < -0.4 is 10.1 Å². The molecular formula is C12H21N3OS. The van der Waals surface area contributed by atoms with Gasteiger partial charge in [0.15, 0.2) is 0 Å². The fourth-order valence-corrected chi connectivity index (χ4v) is 1.31. The number of aromatic nitrogens is 2. The standard InChI is InChI=1S/C12H21N3OS/c1-5-6-16-11-7-10(14-9-15-11)13-8-12(2,3)17-4/h7,9H,5-6,8H2,1-4H3,(H,13,14,15). The van der Waals surface area contributed by atoms with Crippen LogP contribution in [0, 0.1) is 0 Å². The Morgan fingerprint density at radius 2 is 2.18 bits per heavy atom. The predicted octanol–water partition coefficient (Wildman–Crippen LogP) is 2.82. The first-order valence-electron chi connectivity index (χ1n) is 5.81. The highest BCUT2D eigenvalue weighted by Gasteiger charge is 2.15. The highest BCUT2D eigenvalue weighted by molar-refractivity contribution is 7.99. The molecule has 0 atom stereocenters. The zero-order valence-corrected chi connectivity index (χ0v) is 11.8. The molecule has 0 saturated carbocycles. The maximum Gasteiger partial charge on any atom is 0.218 e. The number of hydrogen-bond donors (Lipinski definition) is 1. The molecule has 0 bridgehead atoms. The Labute approximate surface area is 108 Å². The molecule has 0 saturated heterocycles. The third kappa shape index (κ3) is 5.26. The second-order valence-electron chi connectivity index (χ2n) is 4.41. The minimum atomic E-state index is 0.190. The second-order valence-corrected chi connectivity index (χ2v) is 5.92. The van der Waals surface area contributed by atoms with Crippen molar-refractivity contribution in [2.75, 3.05) is 24.7 Å². The quantitative estimate of drug-likeness (QED) is 0.812. The van der Waals surface area contributed by atoms with E-state index in [1.165, 1.54) is 6.33 Å². The first-order chi connectivity index (χ1) is 8.07. The lowest BCUT2D eigenvalue weighted by molar-refractivity contribution is 0.305. The van der Waals surface area contributed by atoms with Crippen molar-refractivity contribution in [1.82, 2.24) is 9.97 Å². The summed E-state index contributed by atoms with van der Waals surface area (Å²) >= 11 is 1.83. The van der Waals surface area contributed by atoms with Gasteiger partial charge in [-0.1, -0.05) is 6.92 Å². The summed E-state index contributed by atoms with van der Waals surface area (Å²) in [6.07, 6.45) is 4.61. The number of rotatable bonds is 7. The predicted molar refractivity (Wildman–Crippen MR) is 73.9 cm³/mol. The first kappa shape index (κ1) is 14.1. The van der Waals surface area contributed by atoms with E-state index in [0.717, 1.165) is 18.8 Å². The zero-order chi connectivity index (χ0) is 12.7. The van der Waals surface area contributed by atoms with Gasteiger partial charge >= 0.3 is 0 Å². The van der Waals surface area contributed by atoms with Crippen molar-refractivity contribution in [3.8, 4) is 5.88 Å². The molecule has 5 heteroatoms. The van der Waals surface area contributed by atoms with Crippen molar-refractivity contribution in [2.45, 2.75) is 31.9 Å². The lowest BCUT2D eigenvalue weighted by atomic mass is 10.2. The Balaban J connectivity index is 2.53. The van der Waals surface area contributed by atoms with Crippen LogP contribution in [0.3, 0.4) is 0 Å². The van der Waals surface area contributed by atoms with E-state index in [0.29, 0.717) is 12.5 Å². The van der Waals surface area contributed by atoms with Crippen molar-refractivity contribution in [2.24, 2.45) is 0 Å². The minimum absolute atomic E-state index is 0.190. The molecule has 0 fully saturated rings. The molecule has 0 amide bonds. The zero-order valence-electron chi connectivity index (χ0n) is 11.0. The first-order valence-corrected chi connectivity index (χ1v) is 7.04. The van der Waals surface area contributed by atoms with Crippen LogP contribution in [-0.4, -0.2) is 34.1 Å². The van der Waals surface area contributed by atoms with E-state index < -0.39 is 0 Å². The molecule has 1 N–H and O–H groups in total. The third-order valence-corrected chi connectivity index (χ3v) is 3.59. The van der Waals surface area contributed by atoms with Crippen molar-refractivity contribution >= 4 is 17.6 Å². The number of anilines is 1. The van der Waals surface area contributed by atoms with Gasteiger partial charge in [-0.3, -0.25) is 0 Å². The van der Waals surface area contributed by atoms with Crippen molar-refractivity contribution in [1.29, 1.82) is 0 Å². The van der Waals surface area contributed by atoms with Gasteiger partial charge in [-0.2, -0.15) is 11.8 Å². The normalized spacial score (nSPS) is 11.3. The molecule has 0 aliphatic carbocycles. The highest BCUT2D eigenvalue weighted by atomic mass is 32.2. The summed E-state index contributed by atoms with van der Waals surface area (Å²) < 4.78 is 5.65. The Hall–Kier alpha value is -0.970. The molecule has 96 valence electrons. The topological polar surface area (TPSA) is 47.0 Å². The van der Waals surface area contributed by atoms with Crippen LogP contribution in [0.4, 0.5) is 5.82 Å². The lowest BCUT2D eigenvalue weighted by Crippen LogP contribution is -2.26. The highest BCUT2D eigenvalue weighted by Crippen LogP contribution is 2.21. The van der Waals surface area contributed by atoms with Crippen LogP contribution in [0.1, 0.15) is 27.2 Å². The van der Waals surface area contributed by atoms with E-state index in [1.54, 1.807) is 0 Å². The minimum Gasteiger partial charge on any atom is -0.478 e. The summed E-state index contributed by atoms with van der Waals surface area (Å²) in [4.78, 5) is 8.24. The number of thioether (sulfide) groups is 1. The Bertz CT molecular complexity index is 344. The summed E-state index contributed by atoms with van der Waals surface area (Å²) in [6.45, 7) is 8.01. The van der Waals surface area contributed by atoms with Gasteiger partial charge in [0.05, 0.1) is 6.61 Å². The SMILES string of the molecule is CCCOc1cc(NCC(C)(C)SC)ncn1. The Morgan fingerprint density at radius 3 is 2.82 bits per heavy atom. The second kappa shape index (κ2) is 6.69. The molecule has 1 heterocycles. The van der Waals surface area contributed by atoms with Crippen LogP contribution in [-0.2, 0) is 0 Å². The van der Waals surface area contributed by atoms with Crippen molar-refractivity contribution < 1.29 is 4.74 Å². The summed E-state index contributed by atoms with van der Waals surface area (Å²) in [5.41, 5.74) is 0. The Kier molecular flexibility index (Phi) is 5.55. The van der Waals surface area contributed by atoms with Gasteiger partial charge in [0, 0.05) is 17.4 Å². The number of hydrogen-bond acceptors (Lipinski definition) is 5. The molecule has 1 aromatic rings. The summed E-state index contributed by atoms with van der Waals surface area (Å²) in [6, 6.07) is 1.84. The summed E-state index contributed by atoms with van der Waals surface area (Å²) in [5.74, 6) is 1.44. The van der Waals surface area contributed by atoms with Crippen LogP contribution in [0.5, 0.6) is 5.88 Å². The average molecular weight is 255 g/mol. The van der Waals surface area contributed by atoms with E-state index in [9.17, 15) is 0 Å². The van der Waals surface area contributed by atoms with Crippen LogP contribution in [0.15, 0.2) is 12.4 Å². The van der Waals surface area contributed by atoms with E-state index in [2.05, 4.69) is 42.3 Å². The van der Waals surface area contributed by atoms with Crippen LogP contribution >= 0.6 is 11.8 Å². The molecule has 1 aromatic heterocycles. The van der Waals surface area contributed by atoms with Gasteiger partial charge in [-0.05, 0) is 26.5 Å². The Morgan fingerprint density at radius 1 is 1.41 bits per heavy atom. The van der Waals surface area contributed by atoms with Gasteiger partial charge < -0.3 is 10.1 Å². The molecule has 17 heavy (non-hydrogen) atoms. The molecule has 0 spiro atoms. The maximum atomic E-state index is 5.46. The van der Waals surface area contributed by atoms with Crippen molar-refractivity contribution in [3.63, 3.8) is 0 Å². The smallest absolute Gasteiger partial charge is 0.218 e. The molecule has 4 nitrogen and oxygen atoms in total. The monoisotopic (exact) mass is 255 g/mol. The van der Waals surface area contributed by atoms with Gasteiger partial charge in [-0.25, -0.2) is 9.97 Å². The van der Waals surface area contributed by atoms with E-state index in [-0.39, 0.29) is 4.75 Å². The van der Waals surface area contributed by atoms with Crippen LogP contribution in [0.25, 0.3) is 0 Å². The van der Waals surface area contributed by atoms with Crippen LogP contribution in [0.2, 0.25) is 0 Å². The van der Waals surface area contributed by atoms with Gasteiger partial charge in [0.2, 0.25) is 5.88 Å². The van der Waals surface area contributed by atoms with Gasteiger partial charge in [-0.15, -0.1) is 0 Å². The van der Waals surface area contributed by atoms with Gasteiger partial charge in [0.1, 0.15) is 12.1 Å². The molecule has 0 radical (unpaired) electrons. The van der Waals surface area contributed by atoms with E-state index in [1.807, 2.05) is 17.8 Å². The number of ether oxygens (including phenoxy) is 1. The van der Waals surface area contributed by atoms with Gasteiger partial charge in [0.25, 0.3) is 0 Å². The summed E-state index contributed by atoms with van der Waals surface area (Å²) in [7, 11) is 0. The van der Waals surface area contributed by atoms with E-state index >= 15 is 0 Å². The van der Waals surface area contributed by atoms with E-state index in [4.69, 9.17) is 4.74 Å². The molecular weight excluding hydrogens is 234 g/mol. The molecule has 1 rings (SSSR count). The summed E-state index contributed by atoms with van der Waals surface area (Å²) in [5, 5.41) is 3.30. The maximum absolute atomic E-state index is 5.46. The molecule has 0 aliphatic heterocycles. The van der Waals surface area contributed by atoms with Crippen molar-refractivity contribution in [3.05, 3.63) is 12.4 Å². The largest absolute Gasteiger partial charge is 0.478 e. The molecule has 0 aliphatic rings. The third-order valence-electron chi connectivity index (χ3n) is 2.34. The number of nitrogens with zero attached hydrogens (tertiary/aromatic N) is 2. The molecule has 0 unspecified atom stereocenters. The fraction of sp³-hybridized carbons (Fsp3) is 0.667. The lowest BCUT2D eigenvalue weighted by Gasteiger charge is -2.22. The molecule has 0 aromatic carbocycles. The average Bonchev–Trinajstić information content (AvgIpc) is 2.35.